The van der Waals surface area contributed by atoms with E-state index < -0.39 is 0 Å². The first-order valence-electron chi connectivity index (χ1n) is 5.25. The molecule has 0 aliphatic rings. The predicted molar refractivity (Wildman–Crippen MR) is 57.4 cm³/mol. The number of ether oxygens (including phenoxy) is 1. The smallest absolute Gasteiger partial charge is 0.105 e. The van der Waals surface area contributed by atoms with Crippen LogP contribution in [-0.4, -0.2) is 22.3 Å². The van der Waals surface area contributed by atoms with E-state index in [4.69, 9.17) is 4.74 Å². The minimum Gasteiger partial charge on any atom is -0.377 e. The lowest BCUT2D eigenvalue weighted by molar-refractivity contribution is 0.0578. The van der Waals surface area contributed by atoms with Crippen molar-refractivity contribution in [3.63, 3.8) is 0 Å². The Morgan fingerprint density at radius 3 is 2.71 bits per heavy atom. The van der Waals surface area contributed by atoms with E-state index in [0.717, 1.165) is 31.1 Å². The van der Waals surface area contributed by atoms with E-state index in [9.17, 15) is 0 Å². The first kappa shape index (κ1) is 11.2. The number of aryl methyl sites for hydroxylation is 2. The molecule has 14 heavy (non-hydrogen) atoms. The Balaban J connectivity index is 2.34. The van der Waals surface area contributed by atoms with Crippen LogP contribution in [0.2, 0.25) is 0 Å². The molecular weight excluding hydrogens is 176 g/mol. The maximum absolute atomic E-state index is 5.61. The highest BCUT2D eigenvalue weighted by Crippen LogP contribution is 2.02. The molecule has 3 nitrogen and oxygen atoms in total. The van der Waals surface area contributed by atoms with E-state index in [0.29, 0.717) is 6.10 Å². The molecule has 80 valence electrons. The maximum Gasteiger partial charge on any atom is 0.105 e. The van der Waals surface area contributed by atoms with Gasteiger partial charge >= 0.3 is 0 Å². The van der Waals surface area contributed by atoms with Crippen molar-refractivity contribution in [1.29, 1.82) is 0 Å². The zero-order chi connectivity index (χ0) is 10.6. The van der Waals surface area contributed by atoms with Crippen LogP contribution < -0.4 is 0 Å². The number of rotatable bonds is 5. The van der Waals surface area contributed by atoms with E-state index in [1.54, 1.807) is 0 Å². The van der Waals surface area contributed by atoms with Crippen molar-refractivity contribution in [1.82, 2.24) is 9.55 Å². The summed E-state index contributed by atoms with van der Waals surface area (Å²) in [5.41, 5.74) is 1.08. The van der Waals surface area contributed by atoms with Crippen molar-refractivity contribution in [2.45, 2.75) is 46.8 Å². The fourth-order valence-corrected chi connectivity index (χ4v) is 1.36. The van der Waals surface area contributed by atoms with Crippen LogP contribution in [0.5, 0.6) is 0 Å². The summed E-state index contributed by atoms with van der Waals surface area (Å²) in [6.45, 7) is 9.95. The summed E-state index contributed by atoms with van der Waals surface area (Å²) < 4.78 is 7.75. The summed E-state index contributed by atoms with van der Waals surface area (Å²) in [4.78, 5) is 4.34. The van der Waals surface area contributed by atoms with Gasteiger partial charge in [0.05, 0.1) is 18.4 Å². The van der Waals surface area contributed by atoms with E-state index in [1.807, 2.05) is 13.8 Å². The molecule has 0 spiro atoms. The molecule has 1 aromatic heterocycles. The topological polar surface area (TPSA) is 27.1 Å². The third-order valence-electron chi connectivity index (χ3n) is 2.41. The Hall–Kier alpha value is -0.830. The Morgan fingerprint density at radius 2 is 2.21 bits per heavy atom. The first-order valence-corrected chi connectivity index (χ1v) is 5.25. The van der Waals surface area contributed by atoms with Gasteiger partial charge in [0.25, 0.3) is 0 Å². The molecule has 1 unspecified atom stereocenters. The lowest BCUT2D eigenvalue weighted by atomic mass is 10.3. The fraction of sp³-hybridized carbons (Fsp3) is 0.727. The highest BCUT2D eigenvalue weighted by molar-refractivity contribution is 4.99. The Labute approximate surface area is 86.1 Å². The molecule has 3 heteroatoms. The summed E-state index contributed by atoms with van der Waals surface area (Å²) in [5.74, 6) is 1.07. The number of aromatic nitrogens is 2. The van der Waals surface area contributed by atoms with Crippen molar-refractivity contribution in [2.75, 3.05) is 6.61 Å². The molecule has 1 rings (SSSR count). The van der Waals surface area contributed by atoms with Gasteiger partial charge in [-0.3, -0.25) is 0 Å². The van der Waals surface area contributed by atoms with Crippen LogP contribution in [-0.2, 0) is 11.3 Å². The van der Waals surface area contributed by atoms with Crippen LogP contribution in [0, 0.1) is 13.8 Å². The van der Waals surface area contributed by atoms with Crippen LogP contribution >= 0.6 is 0 Å². The van der Waals surface area contributed by atoms with E-state index in [1.165, 1.54) is 0 Å². The summed E-state index contributed by atoms with van der Waals surface area (Å²) >= 11 is 0. The third-order valence-corrected chi connectivity index (χ3v) is 2.41. The summed E-state index contributed by atoms with van der Waals surface area (Å²) in [5, 5.41) is 0. The monoisotopic (exact) mass is 196 g/mol. The van der Waals surface area contributed by atoms with Gasteiger partial charge < -0.3 is 9.30 Å². The lowest BCUT2D eigenvalue weighted by Gasteiger charge is -2.11. The molecule has 0 radical (unpaired) electrons. The molecule has 0 saturated carbocycles. The van der Waals surface area contributed by atoms with Crippen molar-refractivity contribution < 1.29 is 4.74 Å². The number of imidazole rings is 1. The summed E-state index contributed by atoms with van der Waals surface area (Å²) in [7, 11) is 0. The zero-order valence-corrected chi connectivity index (χ0v) is 9.58. The summed E-state index contributed by atoms with van der Waals surface area (Å²) in [6, 6.07) is 0. The standard InChI is InChI=1S/C11H20N2O/c1-5-10(3)14-7-6-13-8-9(2)12-11(13)4/h8,10H,5-7H2,1-4H3. The molecule has 1 aromatic rings. The van der Waals surface area contributed by atoms with Crippen molar-refractivity contribution in [3.05, 3.63) is 17.7 Å². The second kappa shape index (κ2) is 5.15. The zero-order valence-electron chi connectivity index (χ0n) is 9.58. The molecule has 0 bridgehead atoms. The number of hydrogen-bond donors (Lipinski definition) is 0. The van der Waals surface area contributed by atoms with Gasteiger partial charge in [-0.25, -0.2) is 4.98 Å². The van der Waals surface area contributed by atoms with Crippen LogP contribution in [0.1, 0.15) is 31.8 Å². The third kappa shape index (κ3) is 3.14. The quantitative estimate of drug-likeness (QED) is 0.722. The van der Waals surface area contributed by atoms with Crippen LogP contribution in [0.4, 0.5) is 0 Å². The van der Waals surface area contributed by atoms with E-state index in [2.05, 4.69) is 29.6 Å². The van der Waals surface area contributed by atoms with Crippen LogP contribution in [0.3, 0.4) is 0 Å². The van der Waals surface area contributed by atoms with Gasteiger partial charge in [0.1, 0.15) is 5.82 Å². The van der Waals surface area contributed by atoms with Gasteiger partial charge in [0.15, 0.2) is 0 Å². The molecule has 0 aliphatic carbocycles. The molecule has 1 heterocycles. The molecule has 0 fully saturated rings. The fourth-order valence-electron chi connectivity index (χ4n) is 1.36. The SMILES string of the molecule is CCC(C)OCCn1cc(C)nc1C. The summed E-state index contributed by atoms with van der Waals surface area (Å²) in [6.07, 6.45) is 3.50. The van der Waals surface area contributed by atoms with Crippen molar-refractivity contribution >= 4 is 0 Å². The normalized spacial score (nSPS) is 13.1. The Morgan fingerprint density at radius 1 is 1.50 bits per heavy atom. The van der Waals surface area contributed by atoms with E-state index in [-0.39, 0.29) is 0 Å². The van der Waals surface area contributed by atoms with Gasteiger partial charge in [0.2, 0.25) is 0 Å². The molecule has 0 saturated heterocycles. The van der Waals surface area contributed by atoms with Gasteiger partial charge in [-0.05, 0) is 27.2 Å². The van der Waals surface area contributed by atoms with Gasteiger partial charge in [-0.1, -0.05) is 6.92 Å². The highest BCUT2D eigenvalue weighted by atomic mass is 16.5. The number of nitrogens with zero attached hydrogens (tertiary/aromatic N) is 2. The average molecular weight is 196 g/mol. The van der Waals surface area contributed by atoms with Gasteiger partial charge in [0, 0.05) is 12.7 Å². The number of hydrogen-bond acceptors (Lipinski definition) is 2. The van der Waals surface area contributed by atoms with Crippen LogP contribution in [0.15, 0.2) is 6.20 Å². The molecule has 0 N–H and O–H groups in total. The Bertz CT molecular complexity index is 281. The van der Waals surface area contributed by atoms with Crippen molar-refractivity contribution in [3.8, 4) is 0 Å². The first-order chi connectivity index (χ1) is 6.63. The molecule has 0 amide bonds. The molecule has 0 aromatic carbocycles. The highest BCUT2D eigenvalue weighted by Gasteiger charge is 2.01. The second-order valence-corrected chi connectivity index (χ2v) is 3.71. The van der Waals surface area contributed by atoms with Gasteiger partial charge in [-0.15, -0.1) is 0 Å². The van der Waals surface area contributed by atoms with Crippen molar-refractivity contribution in [2.24, 2.45) is 0 Å². The predicted octanol–water partition coefficient (Wildman–Crippen LogP) is 2.32. The largest absolute Gasteiger partial charge is 0.377 e. The average Bonchev–Trinajstić information content (AvgIpc) is 2.45. The minimum atomic E-state index is 0.361. The molecule has 1 atom stereocenters. The minimum absolute atomic E-state index is 0.361. The molecule has 0 aliphatic heterocycles. The molecular formula is C11H20N2O. The van der Waals surface area contributed by atoms with Crippen LogP contribution in [0.25, 0.3) is 0 Å². The van der Waals surface area contributed by atoms with Gasteiger partial charge in [-0.2, -0.15) is 0 Å². The second-order valence-electron chi connectivity index (χ2n) is 3.71. The van der Waals surface area contributed by atoms with E-state index >= 15 is 0 Å². The Kier molecular flexibility index (Phi) is 4.14. The maximum atomic E-state index is 5.61. The lowest BCUT2D eigenvalue weighted by Crippen LogP contribution is -2.12.